The second kappa shape index (κ2) is 3.64. The summed E-state index contributed by atoms with van der Waals surface area (Å²) in [6, 6.07) is 1.00. The fourth-order valence-corrected chi connectivity index (χ4v) is 0.900. The van der Waals surface area contributed by atoms with Gasteiger partial charge in [0, 0.05) is 0 Å². The molecule has 1 rings (SSSR count). The van der Waals surface area contributed by atoms with Crippen molar-refractivity contribution in [3.8, 4) is 5.88 Å². The maximum atomic E-state index is 13.0. The average Bonchev–Trinajstić information content (AvgIpc) is 2.09. The molecule has 0 unspecified atom stereocenters. The van der Waals surface area contributed by atoms with Gasteiger partial charge < -0.3 is 4.74 Å². The number of methoxy groups -OCH3 is 1. The zero-order valence-electron chi connectivity index (χ0n) is 7.14. The van der Waals surface area contributed by atoms with E-state index in [1.807, 2.05) is 0 Å². The first-order chi connectivity index (χ1) is 6.06. The molecule has 2 nitrogen and oxygen atoms in total. The zero-order valence-corrected chi connectivity index (χ0v) is 7.14. The van der Waals surface area contributed by atoms with Crippen molar-refractivity contribution in [3.63, 3.8) is 0 Å². The van der Waals surface area contributed by atoms with Gasteiger partial charge in [-0.2, -0.15) is 0 Å². The molecule has 0 aliphatic heterocycles. The molecule has 0 fully saturated rings. The molecule has 72 valence electrons. The first-order valence-corrected chi connectivity index (χ1v) is 3.55. The van der Waals surface area contributed by atoms with Gasteiger partial charge in [0.05, 0.1) is 7.11 Å². The predicted octanol–water partition coefficient (Wildman–Crippen LogP) is 2.48. The van der Waals surface area contributed by atoms with E-state index in [1.54, 1.807) is 0 Å². The molecule has 0 amide bonds. The molecule has 0 bridgehead atoms. The summed E-state index contributed by atoms with van der Waals surface area (Å²) in [7, 11) is 1.18. The van der Waals surface area contributed by atoms with Gasteiger partial charge in [-0.3, -0.25) is 0 Å². The maximum absolute atomic E-state index is 13.0. The Hall–Kier alpha value is -1.26. The fraction of sp³-hybridized carbons (Fsp3) is 0.375. The van der Waals surface area contributed by atoms with Gasteiger partial charge in [-0.1, -0.05) is 0 Å². The van der Waals surface area contributed by atoms with E-state index in [9.17, 15) is 13.2 Å². The van der Waals surface area contributed by atoms with E-state index in [1.165, 1.54) is 14.0 Å². The van der Waals surface area contributed by atoms with E-state index in [0.717, 1.165) is 6.07 Å². The van der Waals surface area contributed by atoms with Crippen LogP contribution in [0, 0.1) is 12.7 Å². The Labute approximate surface area is 73.4 Å². The third-order valence-corrected chi connectivity index (χ3v) is 1.55. The molecule has 0 aliphatic carbocycles. The minimum Gasteiger partial charge on any atom is -0.479 e. The number of aromatic nitrogens is 1. The number of nitrogens with zero attached hydrogens (tertiary/aromatic N) is 1. The van der Waals surface area contributed by atoms with Crippen LogP contribution in [0.3, 0.4) is 0 Å². The van der Waals surface area contributed by atoms with Crippen LogP contribution in [0.15, 0.2) is 6.07 Å². The van der Waals surface area contributed by atoms with E-state index in [-0.39, 0.29) is 5.56 Å². The Balaban J connectivity index is 3.22. The highest BCUT2D eigenvalue weighted by Crippen LogP contribution is 2.24. The van der Waals surface area contributed by atoms with Gasteiger partial charge in [-0.05, 0) is 18.6 Å². The number of hydrogen-bond donors (Lipinski definition) is 0. The predicted molar refractivity (Wildman–Crippen MR) is 40.4 cm³/mol. The summed E-state index contributed by atoms with van der Waals surface area (Å²) in [6.45, 7) is 1.38. The molecular weight excluding hydrogens is 183 g/mol. The molecule has 0 aliphatic rings. The van der Waals surface area contributed by atoms with Crippen molar-refractivity contribution >= 4 is 0 Å². The van der Waals surface area contributed by atoms with Crippen LogP contribution in [0.1, 0.15) is 17.7 Å². The third-order valence-electron chi connectivity index (χ3n) is 1.55. The van der Waals surface area contributed by atoms with E-state index in [0.29, 0.717) is 0 Å². The third kappa shape index (κ3) is 1.91. The van der Waals surface area contributed by atoms with Crippen LogP contribution in [0.2, 0.25) is 0 Å². The monoisotopic (exact) mass is 191 g/mol. The van der Waals surface area contributed by atoms with Gasteiger partial charge in [-0.15, -0.1) is 0 Å². The van der Waals surface area contributed by atoms with Crippen LogP contribution in [-0.4, -0.2) is 12.1 Å². The number of ether oxygens (including phenoxy) is 1. The Kier molecular flexibility index (Phi) is 2.75. The number of hydrogen-bond acceptors (Lipinski definition) is 2. The van der Waals surface area contributed by atoms with Crippen LogP contribution in [0.4, 0.5) is 13.2 Å². The van der Waals surface area contributed by atoms with Gasteiger partial charge in [0.15, 0.2) is 5.82 Å². The molecule has 5 heteroatoms. The van der Waals surface area contributed by atoms with E-state index in [4.69, 9.17) is 0 Å². The van der Waals surface area contributed by atoms with E-state index < -0.39 is 23.8 Å². The van der Waals surface area contributed by atoms with Gasteiger partial charge >= 0.3 is 0 Å². The molecule has 0 aromatic carbocycles. The number of pyridine rings is 1. The van der Waals surface area contributed by atoms with E-state index >= 15 is 0 Å². The number of alkyl halides is 2. The van der Waals surface area contributed by atoms with E-state index in [2.05, 4.69) is 9.72 Å². The molecular formula is C8H8F3NO. The lowest BCUT2D eigenvalue weighted by molar-refractivity contribution is 0.144. The lowest BCUT2D eigenvalue weighted by Gasteiger charge is -2.06. The standard InChI is InChI=1S/C8H8F3NO/c1-4-3-5(7(10)11)12-8(13-2)6(4)9/h3,7H,1-2H3. The molecule has 0 saturated heterocycles. The summed E-state index contributed by atoms with van der Waals surface area (Å²) in [5.74, 6) is -1.10. The maximum Gasteiger partial charge on any atom is 0.280 e. The van der Waals surface area contributed by atoms with Crippen LogP contribution in [0.5, 0.6) is 5.88 Å². The topological polar surface area (TPSA) is 22.1 Å². The van der Waals surface area contributed by atoms with Crippen molar-refractivity contribution < 1.29 is 17.9 Å². The summed E-state index contributed by atoms with van der Waals surface area (Å²) >= 11 is 0. The zero-order chi connectivity index (χ0) is 10.0. The Morgan fingerprint density at radius 1 is 1.46 bits per heavy atom. The molecule has 0 spiro atoms. The molecule has 0 radical (unpaired) electrons. The van der Waals surface area contributed by atoms with Crippen molar-refractivity contribution in [3.05, 3.63) is 23.1 Å². The summed E-state index contributed by atoms with van der Waals surface area (Å²) in [5.41, 5.74) is -0.377. The highest BCUT2D eigenvalue weighted by Gasteiger charge is 2.15. The smallest absolute Gasteiger partial charge is 0.280 e. The molecule has 0 N–H and O–H groups in total. The SMILES string of the molecule is COc1nc(C(F)F)cc(C)c1F. The summed E-state index contributed by atoms with van der Waals surface area (Å²) < 4.78 is 41.8. The number of rotatable bonds is 2. The van der Waals surface area contributed by atoms with Crippen LogP contribution in [0.25, 0.3) is 0 Å². The highest BCUT2D eigenvalue weighted by molar-refractivity contribution is 5.26. The minimum atomic E-state index is -2.71. The largest absolute Gasteiger partial charge is 0.479 e. The van der Waals surface area contributed by atoms with Crippen molar-refractivity contribution in [2.45, 2.75) is 13.3 Å². The average molecular weight is 191 g/mol. The minimum absolute atomic E-state index is 0.0992. The molecule has 0 atom stereocenters. The van der Waals surface area contributed by atoms with Gasteiger partial charge in [-0.25, -0.2) is 18.2 Å². The lowest BCUT2D eigenvalue weighted by Crippen LogP contribution is -1.99. The Bertz CT molecular complexity index is 315. The Morgan fingerprint density at radius 3 is 2.54 bits per heavy atom. The number of halogens is 3. The molecule has 0 saturated carbocycles. The van der Waals surface area contributed by atoms with Crippen LogP contribution >= 0.6 is 0 Å². The lowest BCUT2D eigenvalue weighted by atomic mass is 10.2. The van der Waals surface area contributed by atoms with Gasteiger partial charge in [0.1, 0.15) is 5.69 Å². The molecule has 1 heterocycles. The summed E-state index contributed by atoms with van der Waals surface area (Å²) in [4.78, 5) is 3.30. The molecule has 1 aromatic rings. The van der Waals surface area contributed by atoms with Crippen LogP contribution in [-0.2, 0) is 0 Å². The second-order valence-corrected chi connectivity index (χ2v) is 2.49. The van der Waals surface area contributed by atoms with Crippen molar-refractivity contribution in [2.24, 2.45) is 0 Å². The molecule has 13 heavy (non-hydrogen) atoms. The fourth-order valence-electron chi connectivity index (χ4n) is 0.900. The van der Waals surface area contributed by atoms with Gasteiger partial charge in [0.25, 0.3) is 12.3 Å². The quantitative estimate of drug-likeness (QED) is 0.716. The summed E-state index contributed by atoms with van der Waals surface area (Å²) in [6.07, 6.45) is -2.71. The van der Waals surface area contributed by atoms with Gasteiger partial charge in [0.2, 0.25) is 0 Å². The number of aryl methyl sites for hydroxylation is 1. The normalized spacial score (nSPS) is 10.6. The van der Waals surface area contributed by atoms with Crippen molar-refractivity contribution in [1.82, 2.24) is 4.98 Å². The second-order valence-electron chi connectivity index (χ2n) is 2.49. The molecule has 1 aromatic heterocycles. The first-order valence-electron chi connectivity index (χ1n) is 3.55. The van der Waals surface area contributed by atoms with Crippen LogP contribution < -0.4 is 4.74 Å². The van der Waals surface area contributed by atoms with Crippen molar-refractivity contribution in [1.29, 1.82) is 0 Å². The van der Waals surface area contributed by atoms with Crippen molar-refractivity contribution in [2.75, 3.05) is 7.11 Å². The summed E-state index contributed by atoms with van der Waals surface area (Å²) in [5, 5.41) is 0. The highest BCUT2D eigenvalue weighted by atomic mass is 19.3. The first kappa shape index (κ1) is 9.83. The Morgan fingerprint density at radius 2 is 2.08 bits per heavy atom.